The van der Waals surface area contributed by atoms with Crippen molar-refractivity contribution in [1.29, 1.82) is 0 Å². The molecular weight excluding hydrogens is 349 g/mol. The molecule has 2 aromatic carbocycles. The summed E-state index contributed by atoms with van der Waals surface area (Å²) >= 11 is 2.19. The molecule has 0 atom stereocenters. The number of halogens is 1. The molecule has 0 saturated heterocycles. The number of fused-ring (bicyclic) bond motifs is 1. The van der Waals surface area contributed by atoms with Crippen molar-refractivity contribution in [2.45, 2.75) is 6.61 Å². The monoisotopic (exact) mass is 359 g/mol. The van der Waals surface area contributed by atoms with Gasteiger partial charge < -0.3 is 9.46 Å². The van der Waals surface area contributed by atoms with E-state index in [2.05, 4.69) is 38.1 Å². The summed E-state index contributed by atoms with van der Waals surface area (Å²) < 4.78 is 7.91. The van der Waals surface area contributed by atoms with Gasteiger partial charge in [0, 0.05) is 36.0 Å². The van der Waals surface area contributed by atoms with E-state index >= 15 is 0 Å². The molecule has 0 saturated carbocycles. The zero-order valence-electron chi connectivity index (χ0n) is 8.85. The molecule has 5 heteroatoms. The van der Waals surface area contributed by atoms with Crippen LogP contribution in [0.5, 0.6) is 0 Å². The maximum atomic E-state index is 10.1. The van der Waals surface area contributed by atoms with Gasteiger partial charge in [0.15, 0.2) is 0 Å². The molecule has 0 heterocycles. The molecule has 88 valence electrons. The number of hydrogen-bond acceptors (Lipinski definition) is 4. The summed E-state index contributed by atoms with van der Waals surface area (Å²) in [6, 6.07) is 12.2. The second kappa shape index (κ2) is 6.11. The molecule has 1 N–H and O–H groups in total. The number of benzene rings is 2. The lowest BCUT2D eigenvalue weighted by atomic mass is 10.1. The average Bonchev–Trinajstić information content (AvgIpc) is 2.36. The fourth-order valence-electron chi connectivity index (χ4n) is 1.62. The summed E-state index contributed by atoms with van der Waals surface area (Å²) in [4.78, 5) is 10.1. The minimum absolute atomic E-state index is 0.322. The number of ether oxygens (including phenoxy) is 1. The van der Waals surface area contributed by atoms with Crippen molar-refractivity contribution in [3.63, 3.8) is 0 Å². The first-order chi connectivity index (χ1) is 8.33. The Morgan fingerprint density at radius 3 is 2.76 bits per heavy atom. The van der Waals surface area contributed by atoms with Crippen LogP contribution in [0.3, 0.4) is 0 Å². The predicted octanol–water partition coefficient (Wildman–Crippen LogP) is 3.92. The third kappa shape index (κ3) is 3.26. The summed E-state index contributed by atoms with van der Waals surface area (Å²) in [6.07, 6.45) is 0. The van der Waals surface area contributed by atoms with Crippen molar-refractivity contribution in [2.75, 3.05) is 4.72 Å². The molecule has 0 aliphatic heterocycles. The van der Waals surface area contributed by atoms with Crippen molar-refractivity contribution in [3.8, 4) is 0 Å². The maximum Gasteiger partial charge on any atom is 0.293 e. The Hall–Kier alpha value is -0.950. The zero-order chi connectivity index (χ0) is 12.1. The first-order valence-electron chi connectivity index (χ1n) is 4.95. The fraction of sp³-hybridized carbons (Fsp3) is 0.0833. The molecule has 0 spiro atoms. The van der Waals surface area contributed by atoms with Crippen molar-refractivity contribution in [2.24, 2.45) is 0 Å². The summed E-state index contributed by atoms with van der Waals surface area (Å²) in [5.41, 5.74) is 2.07. The summed E-state index contributed by atoms with van der Waals surface area (Å²) in [5, 5.41) is 2.30. The molecule has 2 aromatic rings. The number of anilines is 1. The van der Waals surface area contributed by atoms with E-state index < -0.39 is 0 Å². The molecule has 2 rings (SSSR count). The molecule has 0 amide bonds. The van der Waals surface area contributed by atoms with Crippen LogP contribution in [0.4, 0.5) is 5.69 Å². The third-order valence-electron chi connectivity index (χ3n) is 2.38. The second-order valence-electron chi connectivity index (χ2n) is 3.48. The van der Waals surface area contributed by atoms with E-state index in [-0.39, 0.29) is 0 Å². The van der Waals surface area contributed by atoms with Crippen molar-refractivity contribution >= 4 is 53.3 Å². The van der Waals surface area contributed by atoms with E-state index in [1.165, 1.54) is 9.12 Å². The molecule has 0 aliphatic carbocycles. The first-order valence-corrected chi connectivity index (χ1v) is 8.31. The molecule has 0 fully saturated rings. The Balaban J connectivity index is 2.29. The highest BCUT2D eigenvalue weighted by Gasteiger charge is 1.99. The topological polar surface area (TPSA) is 38.3 Å². The van der Waals surface area contributed by atoms with Crippen molar-refractivity contribution < 1.29 is 9.53 Å². The number of carbonyl (C=O) groups excluding carboxylic acids is 1. The molecule has 17 heavy (non-hydrogen) atoms. The number of nitrogens with one attached hydrogen (secondary N) is 1. The van der Waals surface area contributed by atoms with Gasteiger partial charge in [0.1, 0.15) is 6.61 Å². The SMILES string of the molecule is O=COCc1ccc2cc(NSI)ccc2c1. The van der Waals surface area contributed by atoms with E-state index in [1.807, 2.05) is 24.3 Å². The molecule has 0 unspecified atom stereocenters. The third-order valence-corrected chi connectivity index (χ3v) is 3.35. The molecular formula is C12H10INO2S. The van der Waals surface area contributed by atoms with E-state index in [1.54, 1.807) is 0 Å². The number of carbonyl (C=O) groups is 1. The minimum atomic E-state index is 0.322. The Morgan fingerprint density at radius 1 is 1.24 bits per heavy atom. The van der Waals surface area contributed by atoms with Crippen LogP contribution in [-0.4, -0.2) is 6.47 Å². The average molecular weight is 359 g/mol. The Kier molecular flexibility index (Phi) is 4.49. The van der Waals surface area contributed by atoms with E-state index in [0.717, 1.165) is 22.0 Å². The largest absolute Gasteiger partial charge is 0.463 e. The van der Waals surface area contributed by atoms with Gasteiger partial charge in [0.2, 0.25) is 0 Å². The molecule has 0 radical (unpaired) electrons. The van der Waals surface area contributed by atoms with Crippen LogP contribution in [0.25, 0.3) is 10.8 Å². The van der Waals surface area contributed by atoms with E-state index in [0.29, 0.717) is 13.1 Å². The van der Waals surface area contributed by atoms with Crippen LogP contribution in [-0.2, 0) is 16.1 Å². The maximum absolute atomic E-state index is 10.1. The van der Waals surface area contributed by atoms with Gasteiger partial charge in [-0.1, -0.05) is 18.2 Å². The smallest absolute Gasteiger partial charge is 0.293 e. The summed E-state index contributed by atoms with van der Waals surface area (Å²) in [5.74, 6) is 0. The number of rotatable bonds is 5. The quantitative estimate of drug-likeness (QED) is 0.499. The summed E-state index contributed by atoms with van der Waals surface area (Å²) in [7, 11) is 1.54. The lowest BCUT2D eigenvalue weighted by Crippen LogP contribution is -1.90. The lowest BCUT2D eigenvalue weighted by molar-refractivity contribution is -0.129. The van der Waals surface area contributed by atoms with E-state index in [9.17, 15) is 4.79 Å². The highest BCUT2D eigenvalue weighted by atomic mass is 127. The molecule has 3 nitrogen and oxygen atoms in total. The normalized spacial score (nSPS) is 10.2. The van der Waals surface area contributed by atoms with E-state index in [4.69, 9.17) is 4.74 Å². The fourth-order valence-corrected chi connectivity index (χ4v) is 2.60. The van der Waals surface area contributed by atoms with Crippen LogP contribution in [0.2, 0.25) is 0 Å². The van der Waals surface area contributed by atoms with Gasteiger partial charge in [-0.05, 0) is 34.5 Å². The van der Waals surface area contributed by atoms with Gasteiger partial charge in [-0.15, -0.1) is 0 Å². The molecule has 0 aromatic heterocycles. The molecule has 0 aliphatic rings. The standard InChI is InChI=1S/C12H10INO2S/c13-17-14-12-4-3-10-5-9(7-16-8-15)1-2-11(10)6-12/h1-6,8,14H,7H2. The summed E-state index contributed by atoms with van der Waals surface area (Å²) in [6.45, 7) is 0.790. The predicted molar refractivity (Wildman–Crippen MR) is 80.0 cm³/mol. The van der Waals surface area contributed by atoms with Crippen molar-refractivity contribution in [1.82, 2.24) is 0 Å². The van der Waals surface area contributed by atoms with Gasteiger partial charge in [-0.3, -0.25) is 4.79 Å². The van der Waals surface area contributed by atoms with Gasteiger partial charge in [0.05, 0.1) is 0 Å². The number of hydrogen-bond donors (Lipinski definition) is 1. The Bertz CT molecular complexity index is 533. The lowest BCUT2D eigenvalue weighted by Gasteiger charge is -2.05. The van der Waals surface area contributed by atoms with Crippen LogP contribution in [0.15, 0.2) is 36.4 Å². The first kappa shape index (κ1) is 12.5. The van der Waals surface area contributed by atoms with Gasteiger partial charge in [0.25, 0.3) is 6.47 Å². The zero-order valence-corrected chi connectivity index (χ0v) is 11.8. The second-order valence-corrected chi connectivity index (χ2v) is 5.16. The van der Waals surface area contributed by atoms with Crippen LogP contribution in [0.1, 0.15) is 5.56 Å². The van der Waals surface area contributed by atoms with Crippen LogP contribution in [0, 0.1) is 0 Å². The highest BCUT2D eigenvalue weighted by molar-refractivity contribution is 14.2. The van der Waals surface area contributed by atoms with Crippen LogP contribution < -0.4 is 4.72 Å². The Morgan fingerprint density at radius 2 is 2.00 bits per heavy atom. The molecule has 0 bridgehead atoms. The van der Waals surface area contributed by atoms with Gasteiger partial charge in [-0.25, -0.2) is 0 Å². The van der Waals surface area contributed by atoms with Gasteiger partial charge >= 0.3 is 0 Å². The Labute approximate surface area is 116 Å². The highest BCUT2D eigenvalue weighted by Crippen LogP contribution is 2.24. The van der Waals surface area contributed by atoms with Crippen molar-refractivity contribution in [3.05, 3.63) is 42.0 Å². The van der Waals surface area contributed by atoms with Crippen LogP contribution >= 0.6 is 30.3 Å². The minimum Gasteiger partial charge on any atom is -0.463 e. The van der Waals surface area contributed by atoms with Gasteiger partial charge in [-0.2, -0.15) is 0 Å².